The van der Waals surface area contributed by atoms with Crippen molar-refractivity contribution in [2.24, 2.45) is 5.92 Å². The fraction of sp³-hybridized carbons (Fsp3) is 0.429. The number of thioether (sulfide) groups is 1. The van der Waals surface area contributed by atoms with Gasteiger partial charge in [-0.05, 0) is 17.7 Å². The maximum atomic E-state index is 13.0. The maximum Gasteiger partial charge on any atom is 0.308 e. The summed E-state index contributed by atoms with van der Waals surface area (Å²) in [4.78, 5) is 53.1. The van der Waals surface area contributed by atoms with Crippen LogP contribution in [0.2, 0.25) is 0 Å². The lowest BCUT2D eigenvalue weighted by atomic mass is 9.83. The molecule has 2 fully saturated rings. The van der Waals surface area contributed by atoms with Crippen LogP contribution < -0.4 is 14.9 Å². The highest BCUT2D eigenvalue weighted by Crippen LogP contribution is 2.51. The standard InChI is InChI=1S/C21H21N3O6S2/c1-29-12-4-2-11(3-5-12)14-15-16(19(27)22-18(15)26)31-20-17(14)32-21(28)24(20)10-13(25)23-6-8-30-9-7-23/h2-5,14-16H,6-10H2,1H3,(H,22,26,27)/t14-,15+,16-/m0/s1. The lowest BCUT2D eigenvalue weighted by Crippen LogP contribution is -2.43. The molecule has 0 spiro atoms. The van der Waals surface area contributed by atoms with Crippen molar-refractivity contribution < 1.29 is 23.9 Å². The maximum absolute atomic E-state index is 13.0. The van der Waals surface area contributed by atoms with E-state index in [1.54, 1.807) is 24.1 Å². The van der Waals surface area contributed by atoms with E-state index in [4.69, 9.17) is 9.47 Å². The van der Waals surface area contributed by atoms with Gasteiger partial charge in [0.1, 0.15) is 17.5 Å². The summed E-state index contributed by atoms with van der Waals surface area (Å²) in [5.41, 5.74) is 0.820. The van der Waals surface area contributed by atoms with E-state index in [0.29, 0.717) is 42.0 Å². The predicted octanol–water partition coefficient (Wildman–Crippen LogP) is 0.656. The Morgan fingerprint density at radius 3 is 2.56 bits per heavy atom. The van der Waals surface area contributed by atoms with E-state index in [-0.39, 0.29) is 29.1 Å². The van der Waals surface area contributed by atoms with E-state index in [9.17, 15) is 19.2 Å². The molecule has 1 N–H and O–H groups in total. The van der Waals surface area contributed by atoms with Crippen molar-refractivity contribution in [1.29, 1.82) is 0 Å². The molecule has 2 saturated heterocycles. The Morgan fingerprint density at radius 1 is 1.16 bits per heavy atom. The Hall–Kier alpha value is -2.63. The smallest absolute Gasteiger partial charge is 0.308 e. The van der Waals surface area contributed by atoms with Gasteiger partial charge in [0.05, 0.1) is 31.3 Å². The van der Waals surface area contributed by atoms with Gasteiger partial charge < -0.3 is 14.4 Å². The van der Waals surface area contributed by atoms with Gasteiger partial charge in [-0.15, -0.1) is 0 Å². The Morgan fingerprint density at radius 2 is 1.88 bits per heavy atom. The van der Waals surface area contributed by atoms with Crippen LogP contribution in [0.15, 0.2) is 34.1 Å². The van der Waals surface area contributed by atoms with Crippen LogP contribution in [0.5, 0.6) is 5.75 Å². The summed E-state index contributed by atoms with van der Waals surface area (Å²) in [6.07, 6.45) is 0. The number of fused-ring (bicyclic) bond motifs is 2. The number of carbonyl (C=O) groups excluding carboxylic acids is 3. The molecule has 3 atom stereocenters. The zero-order valence-electron chi connectivity index (χ0n) is 17.2. The van der Waals surface area contributed by atoms with Crippen molar-refractivity contribution >= 4 is 40.8 Å². The molecule has 11 heteroatoms. The van der Waals surface area contributed by atoms with Crippen molar-refractivity contribution in [3.05, 3.63) is 44.4 Å². The average Bonchev–Trinajstić information content (AvgIpc) is 3.28. The Balaban J connectivity index is 1.56. The molecule has 3 aliphatic heterocycles. The number of morpholine rings is 1. The first-order valence-electron chi connectivity index (χ1n) is 10.2. The first-order chi connectivity index (χ1) is 15.5. The molecule has 0 radical (unpaired) electrons. The molecule has 0 saturated carbocycles. The highest BCUT2D eigenvalue weighted by Gasteiger charge is 2.52. The van der Waals surface area contributed by atoms with E-state index in [1.807, 2.05) is 12.1 Å². The Kier molecular flexibility index (Phi) is 5.56. The molecule has 168 valence electrons. The van der Waals surface area contributed by atoms with Gasteiger partial charge in [0, 0.05) is 23.9 Å². The number of nitrogens with one attached hydrogen (secondary N) is 1. The average molecular weight is 476 g/mol. The third-order valence-electron chi connectivity index (χ3n) is 6.02. The molecule has 0 aliphatic carbocycles. The second-order valence-electron chi connectivity index (χ2n) is 7.79. The second kappa shape index (κ2) is 8.38. The number of carbonyl (C=O) groups is 3. The zero-order valence-corrected chi connectivity index (χ0v) is 18.9. The SMILES string of the molecule is COc1ccc([C@@H]2c3sc(=O)n(CC(=O)N4CCOCC4)c3S[C@@H]3C(=O)NC(=O)[C@H]23)cc1. The van der Waals surface area contributed by atoms with Gasteiger partial charge in [-0.2, -0.15) is 0 Å². The van der Waals surface area contributed by atoms with Crippen LogP contribution in [0.4, 0.5) is 0 Å². The predicted molar refractivity (Wildman–Crippen MR) is 117 cm³/mol. The zero-order chi connectivity index (χ0) is 22.4. The van der Waals surface area contributed by atoms with Gasteiger partial charge in [-0.3, -0.25) is 29.1 Å². The van der Waals surface area contributed by atoms with Gasteiger partial charge in [-0.1, -0.05) is 35.2 Å². The molecule has 2 aromatic rings. The number of hydrogen-bond acceptors (Lipinski definition) is 8. The molecule has 9 nitrogen and oxygen atoms in total. The van der Waals surface area contributed by atoms with E-state index >= 15 is 0 Å². The minimum atomic E-state index is -0.652. The first-order valence-corrected chi connectivity index (χ1v) is 11.9. The minimum absolute atomic E-state index is 0.0973. The largest absolute Gasteiger partial charge is 0.497 e. The minimum Gasteiger partial charge on any atom is -0.497 e. The normalized spacial score (nSPS) is 24.7. The molecule has 0 unspecified atom stereocenters. The third-order valence-corrected chi connectivity index (χ3v) is 8.64. The molecule has 3 amide bonds. The lowest BCUT2D eigenvalue weighted by molar-refractivity contribution is -0.136. The van der Waals surface area contributed by atoms with Crippen LogP contribution in [0.1, 0.15) is 16.4 Å². The number of benzene rings is 1. The number of amides is 3. The van der Waals surface area contributed by atoms with E-state index in [0.717, 1.165) is 16.9 Å². The van der Waals surface area contributed by atoms with Crippen molar-refractivity contribution in [2.75, 3.05) is 33.4 Å². The number of rotatable bonds is 4. The van der Waals surface area contributed by atoms with E-state index in [2.05, 4.69) is 5.32 Å². The Bertz CT molecular complexity index is 1140. The number of aromatic nitrogens is 1. The highest BCUT2D eigenvalue weighted by atomic mass is 32.2. The molecule has 3 aliphatic rings. The van der Waals surface area contributed by atoms with Crippen molar-refractivity contribution in [3.8, 4) is 5.75 Å². The molecule has 4 heterocycles. The number of thiazole rings is 1. The molecule has 1 aromatic carbocycles. The Labute approximate surface area is 191 Å². The summed E-state index contributed by atoms with van der Waals surface area (Å²) in [6.45, 7) is 1.83. The summed E-state index contributed by atoms with van der Waals surface area (Å²) in [6, 6.07) is 7.29. The van der Waals surface area contributed by atoms with Crippen molar-refractivity contribution in [3.63, 3.8) is 0 Å². The number of hydrogen-bond donors (Lipinski definition) is 1. The fourth-order valence-electron chi connectivity index (χ4n) is 4.39. The molecule has 0 bridgehead atoms. The first kappa shape index (κ1) is 21.2. The number of ether oxygens (including phenoxy) is 2. The van der Waals surface area contributed by atoms with Gasteiger partial charge >= 0.3 is 4.87 Å². The molecule has 1 aromatic heterocycles. The van der Waals surface area contributed by atoms with Gasteiger partial charge in [-0.25, -0.2) is 0 Å². The summed E-state index contributed by atoms with van der Waals surface area (Å²) in [5, 5.41) is 2.38. The molecule has 5 rings (SSSR count). The summed E-state index contributed by atoms with van der Waals surface area (Å²) < 4.78 is 12.0. The van der Waals surface area contributed by atoms with Crippen LogP contribution in [0.3, 0.4) is 0 Å². The van der Waals surface area contributed by atoms with Crippen LogP contribution in [0, 0.1) is 5.92 Å². The fourth-order valence-corrected chi connectivity index (χ4v) is 7.13. The molecular formula is C21H21N3O6S2. The van der Waals surface area contributed by atoms with Crippen LogP contribution >= 0.6 is 23.1 Å². The highest BCUT2D eigenvalue weighted by molar-refractivity contribution is 8.00. The second-order valence-corrected chi connectivity index (χ2v) is 9.91. The van der Waals surface area contributed by atoms with Gasteiger partial charge in [0.25, 0.3) is 0 Å². The van der Waals surface area contributed by atoms with Gasteiger partial charge in [0.2, 0.25) is 17.7 Å². The van der Waals surface area contributed by atoms with Crippen LogP contribution in [-0.2, 0) is 25.7 Å². The van der Waals surface area contributed by atoms with E-state index < -0.39 is 17.1 Å². The van der Waals surface area contributed by atoms with Crippen LogP contribution in [0.25, 0.3) is 0 Å². The van der Waals surface area contributed by atoms with Crippen LogP contribution in [-0.4, -0.2) is 65.9 Å². The van der Waals surface area contributed by atoms with Crippen molar-refractivity contribution in [1.82, 2.24) is 14.8 Å². The molecule has 32 heavy (non-hydrogen) atoms. The van der Waals surface area contributed by atoms with E-state index in [1.165, 1.54) is 16.3 Å². The van der Waals surface area contributed by atoms with Gasteiger partial charge in [0.15, 0.2) is 0 Å². The summed E-state index contributed by atoms with van der Waals surface area (Å²) in [7, 11) is 1.57. The quantitative estimate of drug-likeness (QED) is 0.648. The summed E-state index contributed by atoms with van der Waals surface area (Å²) in [5.74, 6) is -1.26. The monoisotopic (exact) mass is 475 g/mol. The number of imide groups is 1. The third kappa shape index (κ3) is 3.54. The topological polar surface area (TPSA) is 107 Å². The van der Waals surface area contributed by atoms with Crippen molar-refractivity contribution in [2.45, 2.75) is 22.7 Å². The molecular weight excluding hydrogens is 454 g/mol. The number of nitrogens with zero attached hydrogens (tertiary/aromatic N) is 2. The summed E-state index contributed by atoms with van der Waals surface area (Å²) >= 11 is 2.24. The number of methoxy groups -OCH3 is 1. The lowest BCUT2D eigenvalue weighted by Gasteiger charge is -2.31.